The van der Waals surface area contributed by atoms with E-state index in [0.29, 0.717) is 0 Å². The van der Waals surface area contributed by atoms with Crippen molar-refractivity contribution in [1.29, 1.82) is 0 Å². The van der Waals surface area contributed by atoms with Gasteiger partial charge in [0.05, 0.1) is 6.10 Å². The fraction of sp³-hybridized carbons (Fsp3) is 0.538. The van der Waals surface area contributed by atoms with E-state index in [9.17, 15) is 5.11 Å². The van der Waals surface area contributed by atoms with Gasteiger partial charge >= 0.3 is 0 Å². The van der Waals surface area contributed by atoms with Crippen molar-refractivity contribution in [3.63, 3.8) is 0 Å². The molecular weight excluding hydrogens is 222 g/mol. The Balaban J connectivity index is 2.48. The second-order valence-electron chi connectivity index (χ2n) is 4.46. The number of aryl methyl sites for hydroxylation is 1. The zero-order valence-corrected chi connectivity index (χ0v) is 10.9. The molecule has 2 unspecified atom stereocenters. The minimum absolute atomic E-state index is 0.268. The molecule has 16 heavy (non-hydrogen) atoms. The van der Waals surface area contributed by atoms with Gasteiger partial charge in [0.1, 0.15) is 0 Å². The molecule has 0 radical (unpaired) electrons. The van der Waals surface area contributed by atoms with Crippen LogP contribution in [0.4, 0.5) is 0 Å². The largest absolute Gasteiger partial charge is 0.393 e. The Morgan fingerprint density at radius 3 is 2.62 bits per heavy atom. The molecule has 90 valence electrons. The molecular formula is C13H20ClNO. The van der Waals surface area contributed by atoms with Crippen molar-refractivity contribution in [2.45, 2.75) is 45.9 Å². The normalized spacial score (nSPS) is 14.8. The Hall–Kier alpha value is -0.570. The van der Waals surface area contributed by atoms with Gasteiger partial charge in [-0.3, -0.25) is 0 Å². The van der Waals surface area contributed by atoms with Crippen molar-refractivity contribution < 1.29 is 5.11 Å². The maximum absolute atomic E-state index is 9.24. The van der Waals surface area contributed by atoms with Crippen LogP contribution in [0.1, 0.15) is 31.4 Å². The molecule has 0 aromatic heterocycles. The van der Waals surface area contributed by atoms with Crippen LogP contribution in [-0.2, 0) is 6.54 Å². The molecule has 0 saturated heterocycles. The molecule has 0 spiro atoms. The number of halogens is 1. The first kappa shape index (κ1) is 13.5. The molecule has 0 fully saturated rings. The minimum atomic E-state index is -0.268. The molecule has 0 heterocycles. The molecule has 0 aliphatic carbocycles. The van der Waals surface area contributed by atoms with Gasteiger partial charge in [0.25, 0.3) is 0 Å². The molecule has 2 nitrogen and oxygen atoms in total. The van der Waals surface area contributed by atoms with Crippen molar-refractivity contribution in [3.05, 3.63) is 34.3 Å². The van der Waals surface area contributed by atoms with Crippen molar-refractivity contribution in [3.8, 4) is 0 Å². The van der Waals surface area contributed by atoms with E-state index in [-0.39, 0.29) is 12.1 Å². The number of nitrogens with one attached hydrogen (secondary N) is 1. The third kappa shape index (κ3) is 4.52. The molecule has 0 bridgehead atoms. The van der Waals surface area contributed by atoms with Crippen LogP contribution in [0, 0.1) is 6.92 Å². The number of aliphatic hydroxyl groups excluding tert-OH is 1. The van der Waals surface area contributed by atoms with Crippen molar-refractivity contribution >= 4 is 11.6 Å². The lowest BCUT2D eigenvalue weighted by molar-refractivity contribution is 0.170. The lowest BCUT2D eigenvalue weighted by Gasteiger charge is -2.16. The summed E-state index contributed by atoms with van der Waals surface area (Å²) in [7, 11) is 0. The summed E-state index contributed by atoms with van der Waals surface area (Å²) in [5, 5.41) is 13.4. The molecule has 2 N–H and O–H groups in total. The number of hydrogen-bond donors (Lipinski definition) is 2. The highest BCUT2D eigenvalue weighted by Crippen LogP contribution is 2.17. The van der Waals surface area contributed by atoms with Gasteiger partial charge in [0, 0.05) is 17.6 Å². The third-order valence-corrected chi connectivity index (χ3v) is 2.90. The second kappa shape index (κ2) is 6.24. The van der Waals surface area contributed by atoms with E-state index in [4.69, 9.17) is 11.6 Å². The number of benzene rings is 1. The maximum Gasteiger partial charge on any atom is 0.0526 e. The van der Waals surface area contributed by atoms with Gasteiger partial charge in [-0.2, -0.15) is 0 Å². The Morgan fingerprint density at radius 1 is 1.38 bits per heavy atom. The zero-order chi connectivity index (χ0) is 12.1. The standard InChI is InChI=1S/C13H20ClNO/c1-9-4-5-12(13(14)6-9)8-15-10(2)7-11(3)16/h4-6,10-11,15-16H,7-8H2,1-3H3. The summed E-state index contributed by atoms with van der Waals surface area (Å²) in [6.07, 6.45) is 0.486. The lowest BCUT2D eigenvalue weighted by atomic mass is 10.1. The summed E-state index contributed by atoms with van der Waals surface area (Å²) in [5.41, 5.74) is 2.27. The number of rotatable bonds is 5. The highest BCUT2D eigenvalue weighted by Gasteiger charge is 2.06. The summed E-state index contributed by atoms with van der Waals surface area (Å²) in [4.78, 5) is 0. The fourth-order valence-corrected chi connectivity index (χ4v) is 1.98. The average molecular weight is 242 g/mol. The Kier molecular flexibility index (Phi) is 5.26. The van der Waals surface area contributed by atoms with E-state index in [2.05, 4.69) is 18.3 Å². The second-order valence-corrected chi connectivity index (χ2v) is 4.87. The fourth-order valence-electron chi connectivity index (χ4n) is 1.67. The molecule has 3 heteroatoms. The molecule has 0 amide bonds. The van der Waals surface area contributed by atoms with Crippen LogP contribution in [0.3, 0.4) is 0 Å². The summed E-state index contributed by atoms with van der Waals surface area (Å²) in [6.45, 7) is 6.64. The SMILES string of the molecule is Cc1ccc(CNC(C)CC(C)O)c(Cl)c1. The monoisotopic (exact) mass is 241 g/mol. The Labute approximate surface area is 103 Å². The molecule has 0 saturated carbocycles. The van der Waals surface area contributed by atoms with Gasteiger partial charge < -0.3 is 10.4 Å². The van der Waals surface area contributed by atoms with Crippen LogP contribution in [0.15, 0.2) is 18.2 Å². The predicted octanol–water partition coefficient (Wildman–Crippen LogP) is 2.90. The number of aliphatic hydroxyl groups is 1. The van der Waals surface area contributed by atoms with Crippen LogP contribution >= 0.6 is 11.6 Å². The van der Waals surface area contributed by atoms with Crippen molar-refractivity contribution in [1.82, 2.24) is 5.32 Å². The third-order valence-electron chi connectivity index (χ3n) is 2.54. The first-order chi connectivity index (χ1) is 7.49. The maximum atomic E-state index is 9.24. The Bertz CT molecular complexity index is 339. The summed E-state index contributed by atoms with van der Waals surface area (Å²) in [6, 6.07) is 6.36. The van der Waals surface area contributed by atoms with E-state index in [1.54, 1.807) is 6.92 Å². The van der Waals surface area contributed by atoms with Gasteiger partial charge in [0.15, 0.2) is 0 Å². The van der Waals surface area contributed by atoms with Crippen LogP contribution < -0.4 is 5.32 Å². The van der Waals surface area contributed by atoms with Gasteiger partial charge in [-0.25, -0.2) is 0 Å². The highest BCUT2D eigenvalue weighted by atomic mass is 35.5. The quantitative estimate of drug-likeness (QED) is 0.831. The van der Waals surface area contributed by atoms with Gasteiger partial charge in [-0.15, -0.1) is 0 Å². The van der Waals surface area contributed by atoms with E-state index < -0.39 is 0 Å². The topological polar surface area (TPSA) is 32.3 Å². The minimum Gasteiger partial charge on any atom is -0.393 e. The van der Waals surface area contributed by atoms with Crippen LogP contribution in [0.5, 0.6) is 0 Å². The molecule has 1 rings (SSSR count). The van der Waals surface area contributed by atoms with Gasteiger partial charge in [0.2, 0.25) is 0 Å². The molecule has 1 aromatic carbocycles. The highest BCUT2D eigenvalue weighted by molar-refractivity contribution is 6.31. The van der Waals surface area contributed by atoms with Gasteiger partial charge in [-0.05, 0) is 44.4 Å². The summed E-state index contributed by atoms with van der Waals surface area (Å²) >= 11 is 6.13. The first-order valence-corrected chi connectivity index (χ1v) is 6.03. The summed E-state index contributed by atoms with van der Waals surface area (Å²) < 4.78 is 0. The van der Waals surface area contributed by atoms with Crippen LogP contribution in [0.2, 0.25) is 5.02 Å². The molecule has 1 aromatic rings. The van der Waals surface area contributed by atoms with Gasteiger partial charge in [-0.1, -0.05) is 23.7 Å². The van der Waals surface area contributed by atoms with E-state index >= 15 is 0 Å². The van der Waals surface area contributed by atoms with E-state index in [1.165, 1.54) is 5.56 Å². The van der Waals surface area contributed by atoms with Crippen LogP contribution in [-0.4, -0.2) is 17.3 Å². The van der Waals surface area contributed by atoms with E-state index in [1.807, 2.05) is 19.1 Å². The molecule has 0 aliphatic heterocycles. The smallest absolute Gasteiger partial charge is 0.0526 e. The Morgan fingerprint density at radius 2 is 2.06 bits per heavy atom. The average Bonchev–Trinajstić information content (AvgIpc) is 2.15. The van der Waals surface area contributed by atoms with Crippen molar-refractivity contribution in [2.24, 2.45) is 0 Å². The van der Waals surface area contributed by atoms with E-state index in [0.717, 1.165) is 23.6 Å². The lowest BCUT2D eigenvalue weighted by Crippen LogP contribution is -2.28. The summed E-state index contributed by atoms with van der Waals surface area (Å²) in [5.74, 6) is 0. The first-order valence-electron chi connectivity index (χ1n) is 5.65. The predicted molar refractivity (Wildman–Crippen MR) is 68.8 cm³/mol. The number of hydrogen-bond acceptors (Lipinski definition) is 2. The molecule has 2 atom stereocenters. The molecule has 0 aliphatic rings. The zero-order valence-electron chi connectivity index (χ0n) is 10.1. The van der Waals surface area contributed by atoms with Crippen LogP contribution in [0.25, 0.3) is 0 Å². The van der Waals surface area contributed by atoms with Crippen molar-refractivity contribution in [2.75, 3.05) is 0 Å².